The zero-order chi connectivity index (χ0) is 22.1. The number of nitrogens with zero attached hydrogens (tertiary/aromatic N) is 3. The molecular formula is C25H30N4O2S. The maximum atomic E-state index is 12.7. The molecule has 0 bridgehead atoms. The van der Waals surface area contributed by atoms with E-state index in [2.05, 4.69) is 69.8 Å². The third-order valence-electron chi connectivity index (χ3n) is 6.58. The Morgan fingerprint density at radius 2 is 2.19 bits per heavy atom. The van der Waals surface area contributed by atoms with E-state index < -0.39 is 0 Å². The molecule has 7 heteroatoms. The van der Waals surface area contributed by atoms with E-state index in [1.807, 2.05) is 0 Å². The quantitative estimate of drug-likeness (QED) is 0.572. The number of fused-ring (bicyclic) bond motifs is 3. The predicted molar refractivity (Wildman–Crippen MR) is 129 cm³/mol. The lowest BCUT2D eigenvalue weighted by molar-refractivity contribution is 0.0941. The van der Waals surface area contributed by atoms with Crippen LogP contribution in [0.4, 0.5) is 5.69 Å². The zero-order valence-electron chi connectivity index (χ0n) is 18.8. The highest BCUT2D eigenvalue weighted by atomic mass is 32.1. The van der Waals surface area contributed by atoms with E-state index in [9.17, 15) is 4.79 Å². The number of benzene rings is 1. The van der Waals surface area contributed by atoms with E-state index in [1.54, 1.807) is 11.3 Å². The molecule has 0 spiro atoms. The molecule has 1 fully saturated rings. The van der Waals surface area contributed by atoms with Gasteiger partial charge in [-0.3, -0.25) is 9.69 Å². The van der Waals surface area contributed by atoms with Crippen molar-refractivity contribution >= 4 is 22.9 Å². The van der Waals surface area contributed by atoms with Gasteiger partial charge in [0.15, 0.2) is 11.5 Å². The summed E-state index contributed by atoms with van der Waals surface area (Å²) in [7, 11) is 0. The van der Waals surface area contributed by atoms with Gasteiger partial charge < -0.3 is 14.7 Å². The molecule has 5 rings (SSSR count). The van der Waals surface area contributed by atoms with Crippen LogP contribution in [-0.2, 0) is 12.8 Å². The van der Waals surface area contributed by atoms with Crippen molar-refractivity contribution < 1.29 is 9.32 Å². The Balaban J connectivity index is 1.09. The largest absolute Gasteiger partial charge is 0.366 e. The monoisotopic (exact) mass is 450 g/mol. The average molecular weight is 451 g/mol. The minimum atomic E-state index is -0.119. The Morgan fingerprint density at radius 1 is 1.28 bits per heavy atom. The first-order valence-electron chi connectivity index (χ1n) is 11.5. The fraction of sp³-hybridized carbons (Fsp3) is 0.440. The van der Waals surface area contributed by atoms with Gasteiger partial charge in [-0.1, -0.05) is 17.3 Å². The number of aryl methyl sites for hydroxylation is 2. The minimum Gasteiger partial charge on any atom is -0.366 e. The molecule has 0 unspecified atom stereocenters. The number of rotatable bonds is 6. The molecule has 32 heavy (non-hydrogen) atoms. The Morgan fingerprint density at radius 3 is 3.03 bits per heavy atom. The summed E-state index contributed by atoms with van der Waals surface area (Å²) in [6.45, 7) is 9.20. The number of carbonyl (C=O) groups excluding carboxylic acids is 1. The SMILES string of the molecule is Cc1cccc(N2CCN(CCCNC(=O)c3noc4c3CCc3sccc3-4)C[C@H]2C)c1. The Hall–Kier alpha value is -2.64. The first kappa shape index (κ1) is 21.2. The molecule has 1 atom stereocenters. The molecule has 1 aliphatic carbocycles. The van der Waals surface area contributed by atoms with Gasteiger partial charge in [0.05, 0.1) is 0 Å². The van der Waals surface area contributed by atoms with Gasteiger partial charge in [0, 0.05) is 53.9 Å². The van der Waals surface area contributed by atoms with Crippen LogP contribution in [0.2, 0.25) is 0 Å². The molecule has 2 aliphatic rings. The molecule has 3 aromatic rings. The van der Waals surface area contributed by atoms with E-state index in [0.717, 1.165) is 62.3 Å². The maximum Gasteiger partial charge on any atom is 0.273 e. The fourth-order valence-electron chi connectivity index (χ4n) is 4.92. The van der Waals surface area contributed by atoms with Gasteiger partial charge in [-0.25, -0.2) is 0 Å². The Kier molecular flexibility index (Phi) is 6.02. The van der Waals surface area contributed by atoms with Crippen LogP contribution in [0.15, 0.2) is 40.2 Å². The van der Waals surface area contributed by atoms with Crippen LogP contribution in [0.3, 0.4) is 0 Å². The van der Waals surface area contributed by atoms with Crippen molar-refractivity contribution in [2.75, 3.05) is 37.6 Å². The van der Waals surface area contributed by atoms with Crippen molar-refractivity contribution in [3.05, 3.63) is 57.4 Å². The summed E-state index contributed by atoms with van der Waals surface area (Å²) in [4.78, 5) is 19.0. The topological polar surface area (TPSA) is 61.6 Å². The summed E-state index contributed by atoms with van der Waals surface area (Å²) >= 11 is 1.74. The van der Waals surface area contributed by atoms with Gasteiger partial charge in [0.25, 0.3) is 5.91 Å². The van der Waals surface area contributed by atoms with Gasteiger partial charge >= 0.3 is 0 Å². The van der Waals surface area contributed by atoms with E-state index in [1.165, 1.54) is 16.1 Å². The Labute approximate surface area is 193 Å². The molecule has 1 aliphatic heterocycles. The van der Waals surface area contributed by atoms with Gasteiger partial charge in [-0.05, 0) is 68.8 Å². The lowest BCUT2D eigenvalue weighted by atomic mass is 9.95. The fourth-order valence-corrected chi connectivity index (χ4v) is 5.80. The maximum absolute atomic E-state index is 12.7. The summed E-state index contributed by atoms with van der Waals surface area (Å²) in [5.74, 6) is 0.657. The Bertz CT molecular complexity index is 1110. The molecule has 2 aromatic heterocycles. The van der Waals surface area contributed by atoms with Crippen LogP contribution in [0.1, 0.15) is 39.8 Å². The number of hydrogen-bond donors (Lipinski definition) is 1. The van der Waals surface area contributed by atoms with Crippen molar-refractivity contribution in [3.8, 4) is 11.3 Å². The molecule has 0 saturated carbocycles. The highest BCUT2D eigenvalue weighted by Gasteiger charge is 2.28. The van der Waals surface area contributed by atoms with E-state index in [-0.39, 0.29) is 5.91 Å². The normalized spacial score (nSPS) is 18.3. The molecule has 168 valence electrons. The third kappa shape index (κ3) is 4.19. The van der Waals surface area contributed by atoms with E-state index in [4.69, 9.17) is 4.52 Å². The number of thiophene rings is 1. The van der Waals surface area contributed by atoms with Crippen molar-refractivity contribution in [1.29, 1.82) is 0 Å². The van der Waals surface area contributed by atoms with Crippen molar-refractivity contribution in [2.24, 2.45) is 0 Å². The van der Waals surface area contributed by atoms with Crippen LogP contribution in [0.5, 0.6) is 0 Å². The van der Waals surface area contributed by atoms with E-state index >= 15 is 0 Å². The van der Waals surface area contributed by atoms with Crippen LogP contribution < -0.4 is 10.2 Å². The average Bonchev–Trinajstić information content (AvgIpc) is 3.43. The van der Waals surface area contributed by atoms with Crippen LogP contribution in [-0.4, -0.2) is 54.7 Å². The van der Waals surface area contributed by atoms with Crippen LogP contribution >= 0.6 is 11.3 Å². The number of nitrogens with one attached hydrogen (secondary N) is 1. The second-order valence-electron chi connectivity index (χ2n) is 8.89. The van der Waals surface area contributed by atoms with Crippen molar-refractivity contribution in [2.45, 2.75) is 39.2 Å². The third-order valence-corrected chi connectivity index (χ3v) is 7.56. The molecule has 1 N–H and O–H groups in total. The second-order valence-corrected chi connectivity index (χ2v) is 9.89. The highest BCUT2D eigenvalue weighted by Crippen LogP contribution is 2.38. The molecule has 1 saturated heterocycles. The van der Waals surface area contributed by atoms with Crippen molar-refractivity contribution in [3.63, 3.8) is 0 Å². The summed E-state index contributed by atoms with van der Waals surface area (Å²) < 4.78 is 5.54. The van der Waals surface area contributed by atoms with Gasteiger partial charge in [0.1, 0.15) is 0 Å². The highest BCUT2D eigenvalue weighted by molar-refractivity contribution is 7.10. The van der Waals surface area contributed by atoms with Gasteiger partial charge in [0.2, 0.25) is 0 Å². The molecule has 1 aromatic carbocycles. The van der Waals surface area contributed by atoms with Crippen LogP contribution in [0, 0.1) is 6.92 Å². The minimum absolute atomic E-state index is 0.119. The number of piperazine rings is 1. The molecule has 6 nitrogen and oxygen atoms in total. The zero-order valence-corrected chi connectivity index (χ0v) is 19.6. The molecular weight excluding hydrogens is 420 g/mol. The number of anilines is 1. The number of amides is 1. The summed E-state index contributed by atoms with van der Waals surface area (Å²) in [6.07, 6.45) is 2.70. The van der Waals surface area contributed by atoms with Gasteiger partial charge in [-0.2, -0.15) is 0 Å². The smallest absolute Gasteiger partial charge is 0.273 e. The molecule has 0 radical (unpaired) electrons. The standard InChI is InChI=1S/C25H30N4O2S/c1-17-5-3-6-19(15-17)29-13-12-28(16-18(29)2)11-4-10-26-25(30)23-21-7-8-22-20(9-14-32-22)24(21)31-27-23/h3,5-6,9,14-15,18H,4,7-8,10-13,16H2,1-2H3,(H,26,30)/t18-/m1/s1. The molecule has 3 heterocycles. The predicted octanol–water partition coefficient (Wildman–Crippen LogP) is 4.14. The molecule has 1 amide bonds. The first-order valence-corrected chi connectivity index (χ1v) is 12.4. The lowest BCUT2D eigenvalue weighted by Gasteiger charge is -2.41. The number of aromatic nitrogens is 1. The van der Waals surface area contributed by atoms with Gasteiger partial charge in [-0.15, -0.1) is 11.3 Å². The summed E-state index contributed by atoms with van der Waals surface area (Å²) in [5, 5.41) is 9.22. The van der Waals surface area contributed by atoms with Crippen LogP contribution in [0.25, 0.3) is 11.3 Å². The summed E-state index contributed by atoms with van der Waals surface area (Å²) in [5.41, 5.74) is 5.13. The van der Waals surface area contributed by atoms with Crippen molar-refractivity contribution in [1.82, 2.24) is 15.4 Å². The number of carbonyl (C=O) groups is 1. The lowest BCUT2D eigenvalue weighted by Crippen LogP contribution is -2.52. The summed E-state index contributed by atoms with van der Waals surface area (Å²) in [6, 6.07) is 11.3. The number of hydrogen-bond acceptors (Lipinski definition) is 6. The first-order chi connectivity index (χ1) is 15.6. The second kappa shape index (κ2) is 9.08. The van der Waals surface area contributed by atoms with E-state index in [0.29, 0.717) is 18.3 Å².